The Hall–Kier alpha value is -3.59. The number of nitrogens with one attached hydrogen (secondary N) is 1. The number of non-ortho nitro benzene ring substituents is 1. The highest BCUT2D eigenvalue weighted by Gasteiger charge is 2.17. The Morgan fingerprint density at radius 2 is 1.86 bits per heavy atom. The van der Waals surface area contributed by atoms with Crippen LogP contribution >= 0.6 is 11.6 Å². The molecule has 152 valence electrons. The first-order valence-corrected chi connectivity index (χ1v) is 8.49. The Morgan fingerprint density at radius 1 is 1.14 bits per heavy atom. The standard InChI is InChI=1S/C19H17ClN2O7/c1-11-6-12(20)4-5-17(11)29-15-8-13(7-14(9-15)22(25)26)21-16(19(24)28-3)10-18(23)27-2/h4-10,21H,1-3H3/b16-10+. The molecule has 0 radical (unpaired) electrons. The molecule has 29 heavy (non-hydrogen) atoms. The topological polar surface area (TPSA) is 117 Å². The van der Waals surface area contributed by atoms with Gasteiger partial charge in [-0.05, 0) is 30.7 Å². The number of nitro benzene ring substituents is 1. The van der Waals surface area contributed by atoms with Crippen molar-refractivity contribution in [1.29, 1.82) is 0 Å². The van der Waals surface area contributed by atoms with E-state index in [4.69, 9.17) is 16.3 Å². The van der Waals surface area contributed by atoms with Crippen LogP contribution in [-0.4, -0.2) is 31.1 Å². The Labute approximate surface area is 171 Å². The van der Waals surface area contributed by atoms with Gasteiger partial charge < -0.3 is 19.5 Å². The van der Waals surface area contributed by atoms with Crippen LogP contribution in [0.1, 0.15) is 5.56 Å². The molecule has 2 aromatic rings. The number of esters is 2. The predicted octanol–water partition coefficient (Wildman–Crippen LogP) is 3.99. The lowest BCUT2D eigenvalue weighted by atomic mass is 10.2. The molecule has 2 aromatic carbocycles. The van der Waals surface area contributed by atoms with Crippen molar-refractivity contribution in [3.63, 3.8) is 0 Å². The zero-order valence-corrected chi connectivity index (χ0v) is 16.5. The van der Waals surface area contributed by atoms with Crippen molar-refractivity contribution in [2.75, 3.05) is 19.5 Å². The van der Waals surface area contributed by atoms with Gasteiger partial charge in [-0.15, -0.1) is 0 Å². The van der Waals surface area contributed by atoms with Crippen molar-refractivity contribution in [3.8, 4) is 11.5 Å². The molecule has 0 aliphatic carbocycles. The second-order valence-corrected chi connectivity index (χ2v) is 6.12. The van der Waals surface area contributed by atoms with Gasteiger partial charge in [-0.1, -0.05) is 11.6 Å². The molecule has 0 aromatic heterocycles. The molecule has 0 aliphatic heterocycles. The number of anilines is 1. The summed E-state index contributed by atoms with van der Waals surface area (Å²) >= 11 is 5.92. The van der Waals surface area contributed by atoms with Crippen LogP contribution in [0.15, 0.2) is 48.2 Å². The fourth-order valence-corrected chi connectivity index (χ4v) is 2.49. The van der Waals surface area contributed by atoms with Crippen molar-refractivity contribution in [3.05, 3.63) is 68.9 Å². The zero-order chi connectivity index (χ0) is 21.6. The van der Waals surface area contributed by atoms with E-state index >= 15 is 0 Å². The van der Waals surface area contributed by atoms with Crippen molar-refractivity contribution < 1.29 is 28.7 Å². The number of carbonyl (C=O) groups is 2. The fourth-order valence-electron chi connectivity index (χ4n) is 2.26. The summed E-state index contributed by atoms with van der Waals surface area (Å²) in [5.41, 5.74) is 0.285. The van der Waals surface area contributed by atoms with Crippen molar-refractivity contribution in [1.82, 2.24) is 0 Å². The molecular weight excluding hydrogens is 404 g/mol. The Kier molecular flexibility index (Phi) is 7.15. The molecular formula is C19H17ClN2O7. The number of ether oxygens (including phenoxy) is 3. The van der Waals surface area contributed by atoms with E-state index in [1.165, 1.54) is 18.2 Å². The highest BCUT2D eigenvalue weighted by molar-refractivity contribution is 6.30. The van der Waals surface area contributed by atoms with Crippen LogP contribution < -0.4 is 10.1 Å². The molecule has 0 bridgehead atoms. The summed E-state index contributed by atoms with van der Waals surface area (Å²) in [4.78, 5) is 34.1. The van der Waals surface area contributed by atoms with Crippen LogP contribution in [0, 0.1) is 17.0 Å². The molecule has 0 amide bonds. The third-order valence-electron chi connectivity index (χ3n) is 3.61. The van der Waals surface area contributed by atoms with Gasteiger partial charge in [-0.25, -0.2) is 9.59 Å². The number of nitro groups is 1. The number of benzene rings is 2. The Morgan fingerprint density at radius 3 is 2.45 bits per heavy atom. The van der Waals surface area contributed by atoms with E-state index in [2.05, 4.69) is 14.8 Å². The van der Waals surface area contributed by atoms with Gasteiger partial charge in [0.1, 0.15) is 17.2 Å². The van der Waals surface area contributed by atoms with Gasteiger partial charge in [0.2, 0.25) is 0 Å². The maximum absolute atomic E-state index is 11.9. The molecule has 0 unspecified atom stereocenters. The van der Waals surface area contributed by atoms with Crippen LogP contribution in [-0.2, 0) is 19.1 Å². The Balaban J connectivity index is 2.43. The molecule has 0 aliphatic rings. The smallest absolute Gasteiger partial charge is 0.354 e. The third-order valence-corrected chi connectivity index (χ3v) is 3.85. The number of hydrogen-bond acceptors (Lipinski definition) is 8. The van der Waals surface area contributed by atoms with Crippen LogP contribution in [0.3, 0.4) is 0 Å². The fraction of sp³-hybridized carbons (Fsp3) is 0.158. The highest BCUT2D eigenvalue weighted by Crippen LogP contribution is 2.32. The number of methoxy groups -OCH3 is 2. The maximum atomic E-state index is 11.9. The summed E-state index contributed by atoms with van der Waals surface area (Å²) < 4.78 is 14.8. The number of nitrogens with zero attached hydrogens (tertiary/aromatic N) is 1. The number of rotatable bonds is 7. The Bertz CT molecular complexity index is 989. The summed E-state index contributed by atoms with van der Waals surface area (Å²) in [7, 11) is 2.27. The lowest BCUT2D eigenvalue weighted by Gasteiger charge is -2.12. The van der Waals surface area contributed by atoms with Gasteiger partial charge in [0.05, 0.1) is 31.3 Å². The average molecular weight is 421 g/mol. The van der Waals surface area contributed by atoms with Crippen molar-refractivity contribution in [2.24, 2.45) is 0 Å². The highest BCUT2D eigenvalue weighted by atomic mass is 35.5. The summed E-state index contributed by atoms with van der Waals surface area (Å²) in [5, 5.41) is 14.4. The van der Waals surface area contributed by atoms with Crippen molar-refractivity contribution in [2.45, 2.75) is 6.92 Å². The number of hydrogen-bond donors (Lipinski definition) is 1. The minimum Gasteiger partial charge on any atom is -0.466 e. The monoisotopic (exact) mass is 420 g/mol. The first-order chi connectivity index (χ1) is 13.7. The molecule has 0 spiro atoms. The number of carbonyl (C=O) groups excluding carboxylic acids is 2. The van der Waals surface area contributed by atoms with Gasteiger partial charge in [-0.2, -0.15) is 0 Å². The maximum Gasteiger partial charge on any atom is 0.354 e. The lowest BCUT2D eigenvalue weighted by Crippen LogP contribution is -2.15. The van der Waals surface area contributed by atoms with Crippen LogP contribution in [0.2, 0.25) is 5.02 Å². The van der Waals surface area contributed by atoms with Crippen LogP contribution in [0.25, 0.3) is 0 Å². The lowest BCUT2D eigenvalue weighted by molar-refractivity contribution is -0.384. The minimum atomic E-state index is -0.863. The summed E-state index contributed by atoms with van der Waals surface area (Å²) in [6, 6.07) is 8.75. The number of aryl methyl sites for hydroxylation is 1. The first-order valence-electron chi connectivity index (χ1n) is 8.12. The first kappa shape index (κ1) is 21.7. The van der Waals surface area contributed by atoms with Gasteiger partial charge in [0.25, 0.3) is 5.69 Å². The molecule has 1 N–H and O–H groups in total. The molecule has 0 fully saturated rings. The van der Waals surface area contributed by atoms with E-state index < -0.39 is 16.9 Å². The normalized spacial score (nSPS) is 10.8. The molecule has 9 nitrogen and oxygen atoms in total. The zero-order valence-electron chi connectivity index (χ0n) is 15.7. The molecule has 10 heteroatoms. The van der Waals surface area contributed by atoms with E-state index in [0.29, 0.717) is 10.8 Å². The summed E-state index contributed by atoms with van der Waals surface area (Å²) in [5.74, 6) is -1.09. The molecule has 0 atom stereocenters. The minimum absolute atomic E-state index is 0.126. The van der Waals surface area contributed by atoms with E-state index in [1.54, 1.807) is 25.1 Å². The average Bonchev–Trinajstić information content (AvgIpc) is 2.68. The summed E-state index contributed by atoms with van der Waals surface area (Å²) in [6.07, 6.45) is 0.870. The molecule has 0 saturated heterocycles. The second kappa shape index (κ2) is 9.56. The van der Waals surface area contributed by atoms with E-state index in [1.807, 2.05) is 0 Å². The summed E-state index contributed by atoms with van der Waals surface area (Å²) in [6.45, 7) is 1.77. The largest absolute Gasteiger partial charge is 0.466 e. The molecule has 2 rings (SSSR count). The van der Waals surface area contributed by atoms with Gasteiger partial charge >= 0.3 is 11.9 Å². The van der Waals surface area contributed by atoms with Crippen LogP contribution in [0.5, 0.6) is 11.5 Å². The third kappa shape index (κ3) is 5.94. The van der Waals surface area contributed by atoms with Gasteiger partial charge in [0, 0.05) is 22.8 Å². The van der Waals surface area contributed by atoms with Gasteiger partial charge in [0.15, 0.2) is 0 Å². The van der Waals surface area contributed by atoms with Crippen LogP contribution in [0.4, 0.5) is 11.4 Å². The van der Waals surface area contributed by atoms with Crippen molar-refractivity contribution >= 4 is 34.9 Å². The predicted molar refractivity (Wildman–Crippen MR) is 105 cm³/mol. The number of halogens is 1. The quantitative estimate of drug-likeness (QED) is 0.309. The molecule has 0 heterocycles. The van der Waals surface area contributed by atoms with E-state index in [-0.39, 0.29) is 22.8 Å². The van der Waals surface area contributed by atoms with E-state index in [9.17, 15) is 19.7 Å². The van der Waals surface area contributed by atoms with Gasteiger partial charge in [-0.3, -0.25) is 10.1 Å². The second-order valence-electron chi connectivity index (χ2n) is 5.68. The SMILES string of the molecule is COC(=O)/C=C(/Nc1cc(Oc2ccc(Cl)cc2C)cc([N+](=O)[O-])c1)C(=O)OC. The van der Waals surface area contributed by atoms with E-state index in [0.717, 1.165) is 25.9 Å². The molecule has 0 saturated carbocycles.